The van der Waals surface area contributed by atoms with E-state index in [1.54, 1.807) is 0 Å². The maximum Gasteiger partial charge on any atom is 0.313 e. The van der Waals surface area contributed by atoms with Gasteiger partial charge in [0, 0.05) is 11.6 Å². The Labute approximate surface area is 119 Å². The van der Waals surface area contributed by atoms with Crippen molar-refractivity contribution in [1.82, 2.24) is 5.32 Å². The summed E-state index contributed by atoms with van der Waals surface area (Å²) >= 11 is 5.90. The van der Waals surface area contributed by atoms with Crippen LogP contribution >= 0.6 is 11.6 Å². The third kappa shape index (κ3) is 3.48. The molecule has 1 atom stereocenters. The van der Waals surface area contributed by atoms with Gasteiger partial charge in [0.2, 0.25) is 0 Å². The van der Waals surface area contributed by atoms with Gasteiger partial charge in [-0.1, -0.05) is 23.7 Å². The lowest BCUT2D eigenvalue weighted by Crippen LogP contribution is -2.47. The van der Waals surface area contributed by atoms with Gasteiger partial charge in [0.05, 0.1) is 12.0 Å². The minimum atomic E-state index is -0.428. The first kappa shape index (κ1) is 14.4. The normalized spacial score (nSPS) is 23.1. The number of halogens is 1. The van der Waals surface area contributed by atoms with Crippen LogP contribution in [0.5, 0.6) is 0 Å². The standard InChI is InChI=1S/C15H20ClNO2/c1-2-19-14(18)15(8-3-9-17-11-15)10-12-4-6-13(16)7-5-12/h4-7,17H,2-3,8-11H2,1H3/t15-/m1/s1. The molecule has 1 heterocycles. The van der Waals surface area contributed by atoms with Crippen molar-refractivity contribution in [3.05, 3.63) is 34.9 Å². The monoisotopic (exact) mass is 281 g/mol. The summed E-state index contributed by atoms with van der Waals surface area (Å²) in [6.45, 7) is 3.95. The number of benzene rings is 1. The van der Waals surface area contributed by atoms with Crippen LogP contribution in [-0.2, 0) is 16.0 Å². The van der Waals surface area contributed by atoms with E-state index in [-0.39, 0.29) is 5.97 Å². The number of carbonyl (C=O) groups is 1. The van der Waals surface area contributed by atoms with E-state index in [1.807, 2.05) is 31.2 Å². The summed E-state index contributed by atoms with van der Waals surface area (Å²) in [5.74, 6) is -0.0860. The van der Waals surface area contributed by atoms with Crippen molar-refractivity contribution in [1.29, 1.82) is 0 Å². The van der Waals surface area contributed by atoms with E-state index in [1.165, 1.54) is 0 Å². The molecule has 19 heavy (non-hydrogen) atoms. The molecule has 1 aromatic carbocycles. The molecule has 0 amide bonds. The highest BCUT2D eigenvalue weighted by Crippen LogP contribution is 2.32. The molecule has 4 heteroatoms. The van der Waals surface area contributed by atoms with Crippen LogP contribution in [-0.4, -0.2) is 25.7 Å². The van der Waals surface area contributed by atoms with E-state index in [9.17, 15) is 4.79 Å². The van der Waals surface area contributed by atoms with Crippen molar-refractivity contribution in [2.24, 2.45) is 5.41 Å². The minimum Gasteiger partial charge on any atom is -0.466 e. The van der Waals surface area contributed by atoms with E-state index in [0.717, 1.165) is 30.0 Å². The molecule has 1 aliphatic heterocycles. The van der Waals surface area contributed by atoms with Crippen molar-refractivity contribution in [3.8, 4) is 0 Å². The summed E-state index contributed by atoms with van der Waals surface area (Å²) in [6, 6.07) is 7.70. The summed E-state index contributed by atoms with van der Waals surface area (Å²) in [6.07, 6.45) is 2.59. The summed E-state index contributed by atoms with van der Waals surface area (Å²) in [7, 11) is 0. The third-order valence-corrected chi connectivity index (χ3v) is 3.89. The summed E-state index contributed by atoms with van der Waals surface area (Å²) in [4.78, 5) is 12.3. The number of ether oxygens (including phenoxy) is 1. The molecular formula is C15H20ClNO2. The van der Waals surface area contributed by atoms with Crippen LogP contribution in [0.25, 0.3) is 0 Å². The second-order valence-electron chi connectivity index (χ2n) is 5.08. The van der Waals surface area contributed by atoms with Crippen molar-refractivity contribution >= 4 is 17.6 Å². The lowest BCUT2D eigenvalue weighted by atomic mass is 9.76. The Morgan fingerprint density at radius 1 is 1.42 bits per heavy atom. The summed E-state index contributed by atoms with van der Waals surface area (Å²) < 4.78 is 5.28. The zero-order valence-corrected chi connectivity index (χ0v) is 12.0. The molecule has 0 spiro atoms. The number of hydrogen-bond donors (Lipinski definition) is 1. The number of piperidine rings is 1. The highest BCUT2D eigenvalue weighted by molar-refractivity contribution is 6.30. The van der Waals surface area contributed by atoms with Gasteiger partial charge >= 0.3 is 5.97 Å². The van der Waals surface area contributed by atoms with Gasteiger partial charge in [0.15, 0.2) is 0 Å². The van der Waals surface area contributed by atoms with Crippen molar-refractivity contribution in [2.75, 3.05) is 19.7 Å². The Kier molecular flexibility index (Phi) is 4.83. The molecule has 0 radical (unpaired) electrons. The first-order valence-electron chi connectivity index (χ1n) is 6.79. The van der Waals surface area contributed by atoms with Gasteiger partial charge in [0.1, 0.15) is 0 Å². The predicted molar refractivity (Wildman–Crippen MR) is 76.3 cm³/mol. The molecule has 1 saturated heterocycles. The number of rotatable bonds is 4. The Bertz CT molecular complexity index is 424. The molecule has 0 unspecified atom stereocenters. The van der Waals surface area contributed by atoms with E-state index in [2.05, 4.69) is 5.32 Å². The summed E-state index contributed by atoms with van der Waals surface area (Å²) in [5.41, 5.74) is 0.698. The summed E-state index contributed by atoms with van der Waals surface area (Å²) in [5, 5.41) is 4.04. The van der Waals surface area contributed by atoms with Crippen LogP contribution in [0.1, 0.15) is 25.3 Å². The van der Waals surface area contributed by atoms with Crippen molar-refractivity contribution < 1.29 is 9.53 Å². The van der Waals surface area contributed by atoms with Gasteiger partial charge in [-0.25, -0.2) is 0 Å². The van der Waals surface area contributed by atoms with E-state index < -0.39 is 5.41 Å². The fourth-order valence-electron chi connectivity index (χ4n) is 2.64. The largest absolute Gasteiger partial charge is 0.466 e. The van der Waals surface area contributed by atoms with Crippen molar-refractivity contribution in [3.63, 3.8) is 0 Å². The van der Waals surface area contributed by atoms with Crippen LogP contribution in [0.4, 0.5) is 0 Å². The zero-order valence-electron chi connectivity index (χ0n) is 11.2. The average molecular weight is 282 g/mol. The van der Waals surface area contributed by atoms with E-state index in [0.29, 0.717) is 19.6 Å². The fraction of sp³-hybridized carbons (Fsp3) is 0.533. The van der Waals surface area contributed by atoms with Gasteiger partial charge in [0.25, 0.3) is 0 Å². The Hall–Kier alpha value is -1.06. The maximum absolute atomic E-state index is 12.3. The second kappa shape index (κ2) is 6.40. The topological polar surface area (TPSA) is 38.3 Å². The lowest BCUT2D eigenvalue weighted by molar-refractivity contribution is -0.156. The highest BCUT2D eigenvalue weighted by atomic mass is 35.5. The lowest BCUT2D eigenvalue weighted by Gasteiger charge is -2.35. The SMILES string of the molecule is CCOC(=O)[C@@]1(Cc2ccc(Cl)cc2)CCCNC1. The molecule has 3 nitrogen and oxygen atoms in total. The van der Waals surface area contributed by atoms with Gasteiger partial charge in [-0.3, -0.25) is 4.79 Å². The Balaban J connectivity index is 2.17. The van der Waals surface area contributed by atoms with Crippen LogP contribution < -0.4 is 5.32 Å². The van der Waals surface area contributed by atoms with E-state index >= 15 is 0 Å². The number of esters is 1. The minimum absolute atomic E-state index is 0.0860. The predicted octanol–water partition coefficient (Wildman–Crippen LogP) is 2.82. The molecule has 0 bridgehead atoms. The van der Waals surface area contributed by atoms with E-state index in [4.69, 9.17) is 16.3 Å². The van der Waals surface area contributed by atoms with Crippen LogP contribution in [0, 0.1) is 5.41 Å². The number of nitrogens with one attached hydrogen (secondary N) is 1. The average Bonchev–Trinajstić information content (AvgIpc) is 2.43. The van der Waals surface area contributed by atoms with Crippen molar-refractivity contribution in [2.45, 2.75) is 26.2 Å². The first-order valence-corrected chi connectivity index (χ1v) is 7.16. The van der Waals surface area contributed by atoms with Crippen LogP contribution in [0.15, 0.2) is 24.3 Å². The molecular weight excluding hydrogens is 262 g/mol. The fourth-order valence-corrected chi connectivity index (χ4v) is 2.77. The smallest absolute Gasteiger partial charge is 0.313 e. The van der Waals surface area contributed by atoms with Crippen LogP contribution in [0.3, 0.4) is 0 Å². The van der Waals surface area contributed by atoms with Gasteiger partial charge in [-0.2, -0.15) is 0 Å². The van der Waals surface area contributed by atoms with Gasteiger partial charge in [-0.15, -0.1) is 0 Å². The molecule has 104 valence electrons. The highest BCUT2D eigenvalue weighted by Gasteiger charge is 2.40. The molecule has 0 aromatic heterocycles. The molecule has 1 aliphatic rings. The van der Waals surface area contributed by atoms with Gasteiger partial charge < -0.3 is 10.1 Å². The quantitative estimate of drug-likeness (QED) is 0.863. The molecule has 0 aliphatic carbocycles. The van der Waals surface area contributed by atoms with Crippen LogP contribution in [0.2, 0.25) is 5.02 Å². The molecule has 2 rings (SSSR count). The Morgan fingerprint density at radius 2 is 2.16 bits per heavy atom. The number of hydrogen-bond acceptors (Lipinski definition) is 3. The third-order valence-electron chi connectivity index (χ3n) is 3.64. The Morgan fingerprint density at radius 3 is 2.74 bits per heavy atom. The maximum atomic E-state index is 12.3. The zero-order chi connectivity index (χ0) is 13.7. The van der Waals surface area contributed by atoms with Gasteiger partial charge in [-0.05, 0) is 50.4 Å². The molecule has 1 fully saturated rings. The molecule has 1 aromatic rings. The number of carbonyl (C=O) groups excluding carboxylic acids is 1. The second-order valence-corrected chi connectivity index (χ2v) is 5.52. The first-order chi connectivity index (χ1) is 9.16. The molecule has 1 N–H and O–H groups in total. The molecule has 0 saturated carbocycles.